The van der Waals surface area contributed by atoms with Crippen LogP contribution in [0, 0.1) is 4.77 Å². The molecule has 0 unspecified atom stereocenters. The van der Waals surface area contributed by atoms with Gasteiger partial charge >= 0.3 is 0 Å². The van der Waals surface area contributed by atoms with Gasteiger partial charge in [-0.05, 0) is 54.2 Å². The number of carbonyl (C=O) groups is 1. The zero-order chi connectivity index (χ0) is 23.7. The number of hydrogen-bond acceptors (Lipinski definition) is 4. The summed E-state index contributed by atoms with van der Waals surface area (Å²) in [7, 11) is 0. The summed E-state index contributed by atoms with van der Waals surface area (Å²) in [6.07, 6.45) is 2.39. The molecule has 2 aliphatic rings. The number of hydrogen-bond donors (Lipinski definition) is 0. The Kier molecular flexibility index (Phi) is 6.66. The highest BCUT2D eigenvalue weighted by Gasteiger charge is 2.31. The van der Waals surface area contributed by atoms with Crippen LogP contribution < -0.4 is 0 Å². The van der Waals surface area contributed by atoms with Crippen LogP contribution in [0.1, 0.15) is 65.8 Å². The van der Waals surface area contributed by atoms with E-state index in [-0.39, 0.29) is 5.91 Å². The zero-order valence-corrected chi connectivity index (χ0v) is 20.9. The predicted octanol–water partition coefficient (Wildman–Crippen LogP) is 4.88. The van der Waals surface area contributed by atoms with Crippen LogP contribution in [-0.4, -0.2) is 56.2 Å². The van der Waals surface area contributed by atoms with Crippen molar-refractivity contribution in [3.05, 3.63) is 81.9 Å². The van der Waals surface area contributed by atoms with Gasteiger partial charge in [0.15, 0.2) is 4.77 Å². The van der Waals surface area contributed by atoms with E-state index in [2.05, 4.69) is 59.7 Å². The molecule has 2 heterocycles. The average Bonchev–Trinajstić information content (AvgIpc) is 3.67. The van der Waals surface area contributed by atoms with Gasteiger partial charge < -0.3 is 4.90 Å². The quantitative estimate of drug-likeness (QED) is 0.457. The Hall–Kier alpha value is -2.77. The first-order valence-electron chi connectivity index (χ1n) is 12.3. The second kappa shape index (κ2) is 9.84. The molecule has 2 aromatic carbocycles. The minimum atomic E-state index is 0.120. The molecule has 0 bridgehead atoms. The zero-order valence-electron chi connectivity index (χ0n) is 20.1. The molecular formula is C27H33N5OS. The van der Waals surface area contributed by atoms with Crippen LogP contribution in [0.15, 0.2) is 54.6 Å². The third-order valence-electron chi connectivity index (χ3n) is 6.90. The molecule has 0 spiro atoms. The average molecular weight is 476 g/mol. The number of nitrogens with zero attached hydrogens (tertiary/aromatic N) is 5. The van der Waals surface area contributed by atoms with Crippen molar-refractivity contribution in [2.45, 2.75) is 51.7 Å². The number of amides is 1. The molecule has 178 valence electrons. The standard InChI is InChI=1S/C27H33N5OS/c1-20(2)22-8-12-24(13-9-22)26(33)30-16-14-29(15-17-30)19-32-27(34)31(25(28-32)23-10-11-23)18-21-6-4-3-5-7-21/h3-9,12-13,20,23H,10-11,14-19H2,1-2H3. The Bertz CT molecular complexity index is 1190. The SMILES string of the molecule is CC(C)c1ccc(C(=O)N2CCN(Cn3nc(C4CC4)n(Cc4ccccc4)c3=S)CC2)cc1. The van der Waals surface area contributed by atoms with Gasteiger partial charge in [-0.2, -0.15) is 5.10 Å². The summed E-state index contributed by atoms with van der Waals surface area (Å²) in [5, 5.41) is 4.94. The molecule has 0 atom stereocenters. The Morgan fingerprint density at radius 2 is 1.68 bits per heavy atom. The highest BCUT2D eigenvalue weighted by atomic mass is 32.1. The van der Waals surface area contributed by atoms with Crippen molar-refractivity contribution in [1.82, 2.24) is 24.1 Å². The first-order valence-corrected chi connectivity index (χ1v) is 12.7. The van der Waals surface area contributed by atoms with Crippen molar-refractivity contribution in [2.75, 3.05) is 26.2 Å². The fraction of sp³-hybridized carbons (Fsp3) is 0.444. The molecule has 5 rings (SSSR count). The van der Waals surface area contributed by atoms with Gasteiger partial charge in [0.25, 0.3) is 5.91 Å². The van der Waals surface area contributed by atoms with E-state index >= 15 is 0 Å². The van der Waals surface area contributed by atoms with Crippen molar-refractivity contribution in [1.29, 1.82) is 0 Å². The number of aromatic nitrogens is 3. The molecular weight excluding hydrogens is 442 g/mol. The van der Waals surface area contributed by atoms with E-state index < -0.39 is 0 Å². The summed E-state index contributed by atoms with van der Waals surface area (Å²) in [6.45, 7) is 8.86. The molecule has 34 heavy (non-hydrogen) atoms. The maximum atomic E-state index is 13.0. The predicted molar refractivity (Wildman–Crippen MR) is 137 cm³/mol. The molecule has 1 aliphatic heterocycles. The highest BCUT2D eigenvalue weighted by Crippen LogP contribution is 2.39. The van der Waals surface area contributed by atoms with Crippen molar-refractivity contribution in [3.8, 4) is 0 Å². The van der Waals surface area contributed by atoms with Gasteiger partial charge in [-0.25, -0.2) is 4.68 Å². The fourth-order valence-electron chi connectivity index (χ4n) is 4.58. The normalized spacial score (nSPS) is 16.9. The third kappa shape index (κ3) is 5.00. The van der Waals surface area contributed by atoms with Crippen molar-refractivity contribution in [2.24, 2.45) is 0 Å². The third-order valence-corrected chi connectivity index (χ3v) is 7.33. The molecule has 0 N–H and O–H groups in total. The molecule has 3 aromatic rings. The lowest BCUT2D eigenvalue weighted by Gasteiger charge is -2.34. The lowest BCUT2D eigenvalue weighted by Crippen LogP contribution is -2.49. The molecule has 1 aromatic heterocycles. The monoisotopic (exact) mass is 475 g/mol. The van der Waals surface area contributed by atoms with E-state index in [0.29, 0.717) is 18.5 Å². The Labute approximate surface area is 206 Å². The first kappa shape index (κ1) is 23.0. The van der Waals surface area contributed by atoms with Gasteiger partial charge in [0.1, 0.15) is 5.82 Å². The van der Waals surface area contributed by atoms with Crippen LogP contribution >= 0.6 is 12.2 Å². The fourth-order valence-corrected chi connectivity index (χ4v) is 4.84. The first-order chi connectivity index (χ1) is 16.5. The van der Waals surface area contributed by atoms with Gasteiger partial charge in [-0.1, -0.05) is 56.3 Å². The second-order valence-corrected chi connectivity index (χ2v) is 10.2. The maximum Gasteiger partial charge on any atom is 0.253 e. The van der Waals surface area contributed by atoms with Crippen LogP contribution in [0.3, 0.4) is 0 Å². The second-order valence-electron chi connectivity index (χ2n) is 9.81. The van der Waals surface area contributed by atoms with Crippen LogP contribution in [0.5, 0.6) is 0 Å². The minimum absolute atomic E-state index is 0.120. The van der Waals surface area contributed by atoms with E-state index in [1.54, 1.807) is 0 Å². The number of carbonyl (C=O) groups excluding carboxylic acids is 1. The summed E-state index contributed by atoms with van der Waals surface area (Å²) in [5.74, 6) is 2.24. The number of rotatable bonds is 7. The molecule has 0 radical (unpaired) electrons. The lowest BCUT2D eigenvalue weighted by molar-refractivity contribution is 0.0585. The lowest BCUT2D eigenvalue weighted by atomic mass is 10.0. The molecule has 1 saturated carbocycles. The smallest absolute Gasteiger partial charge is 0.253 e. The van der Waals surface area contributed by atoms with E-state index in [1.807, 2.05) is 27.8 Å². The molecule has 1 aliphatic carbocycles. The van der Waals surface area contributed by atoms with Crippen molar-refractivity contribution in [3.63, 3.8) is 0 Å². The van der Waals surface area contributed by atoms with E-state index in [0.717, 1.165) is 48.9 Å². The van der Waals surface area contributed by atoms with Gasteiger partial charge in [0.05, 0.1) is 13.2 Å². The van der Waals surface area contributed by atoms with Crippen molar-refractivity contribution < 1.29 is 4.79 Å². The number of benzene rings is 2. The molecule has 7 heteroatoms. The Morgan fingerprint density at radius 3 is 2.29 bits per heavy atom. The summed E-state index contributed by atoms with van der Waals surface area (Å²) in [6, 6.07) is 18.5. The molecule has 1 saturated heterocycles. The highest BCUT2D eigenvalue weighted by molar-refractivity contribution is 7.71. The van der Waals surface area contributed by atoms with Crippen LogP contribution in [-0.2, 0) is 13.2 Å². The summed E-state index contributed by atoms with van der Waals surface area (Å²) >= 11 is 5.86. The van der Waals surface area contributed by atoms with Crippen molar-refractivity contribution >= 4 is 18.1 Å². The topological polar surface area (TPSA) is 46.3 Å². The minimum Gasteiger partial charge on any atom is -0.336 e. The molecule has 1 amide bonds. The van der Waals surface area contributed by atoms with Gasteiger partial charge in [0, 0.05) is 37.7 Å². The van der Waals surface area contributed by atoms with E-state index in [1.165, 1.54) is 24.0 Å². The Morgan fingerprint density at radius 1 is 1.00 bits per heavy atom. The van der Waals surface area contributed by atoms with Gasteiger partial charge in [-0.15, -0.1) is 0 Å². The van der Waals surface area contributed by atoms with E-state index in [4.69, 9.17) is 17.3 Å². The number of piperazine rings is 1. The Balaban J connectivity index is 1.23. The van der Waals surface area contributed by atoms with E-state index in [9.17, 15) is 4.79 Å². The summed E-state index contributed by atoms with van der Waals surface area (Å²) in [5.41, 5.74) is 3.28. The largest absolute Gasteiger partial charge is 0.336 e. The van der Waals surface area contributed by atoms with Gasteiger partial charge in [-0.3, -0.25) is 14.3 Å². The maximum absolute atomic E-state index is 13.0. The van der Waals surface area contributed by atoms with Gasteiger partial charge in [0.2, 0.25) is 0 Å². The summed E-state index contributed by atoms with van der Waals surface area (Å²) < 4.78 is 4.98. The molecule has 6 nitrogen and oxygen atoms in total. The van der Waals surface area contributed by atoms with Crippen LogP contribution in [0.4, 0.5) is 0 Å². The molecule has 2 fully saturated rings. The summed E-state index contributed by atoms with van der Waals surface area (Å²) in [4.78, 5) is 17.3. The van der Waals surface area contributed by atoms with Crippen LogP contribution in [0.2, 0.25) is 0 Å². The van der Waals surface area contributed by atoms with Crippen LogP contribution in [0.25, 0.3) is 0 Å².